The first-order chi connectivity index (χ1) is 11.8. The molecule has 0 fully saturated rings. The maximum absolute atomic E-state index is 14.3. The summed E-state index contributed by atoms with van der Waals surface area (Å²) in [6, 6.07) is 2.25. The standard InChI is InChI=1S/C19H21F2N3O/c1-5-11(3)17(12(4)25)16-9-23-15(10-24(16)6-2)18-13(20)7-8-14(22)19(18)21/h6-11H,2,5,22H2,1,3-4H3/b17-16+. The van der Waals surface area contributed by atoms with Crippen LogP contribution in [0.25, 0.3) is 5.70 Å². The van der Waals surface area contributed by atoms with Crippen molar-refractivity contribution >= 4 is 23.4 Å². The smallest absolute Gasteiger partial charge is 0.158 e. The Kier molecular flexibility index (Phi) is 5.51. The number of halogens is 2. The van der Waals surface area contributed by atoms with E-state index in [9.17, 15) is 13.6 Å². The largest absolute Gasteiger partial charge is 0.396 e. The number of benzene rings is 1. The number of anilines is 1. The lowest BCUT2D eigenvalue weighted by atomic mass is 9.92. The van der Waals surface area contributed by atoms with Crippen LogP contribution in [0.5, 0.6) is 0 Å². The van der Waals surface area contributed by atoms with Crippen molar-refractivity contribution in [1.82, 2.24) is 4.90 Å². The molecule has 0 radical (unpaired) electrons. The van der Waals surface area contributed by atoms with Gasteiger partial charge in [-0.15, -0.1) is 0 Å². The lowest BCUT2D eigenvalue weighted by Crippen LogP contribution is -2.22. The Hall–Kier alpha value is -2.76. The van der Waals surface area contributed by atoms with E-state index in [4.69, 9.17) is 5.73 Å². The molecule has 0 bridgehead atoms. The van der Waals surface area contributed by atoms with Gasteiger partial charge in [0.2, 0.25) is 0 Å². The average Bonchev–Trinajstić information content (AvgIpc) is 2.59. The molecule has 132 valence electrons. The van der Waals surface area contributed by atoms with Gasteiger partial charge in [-0.05, 0) is 31.4 Å². The van der Waals surface area contributed by atoms with Gasteiger partial charge in [-0.25, -0.2) is 8.78 Å². The Morgan fingerprint density at radius 1 is 1.44 bits per heavy atom. The van der Waals surface area contributed by atoms with Gasteiger partial charge < -0.3 is 10.6 Å². The Morgan fingerprint density at radius 2 is 2.12 bits per heavy atom. The van der Waals surface area contributed by atoms with E-state index in [1.807, 2.05) is 13.8 Å². The number of nitrogen functional groups attached to an aromatic ring is 1. The lowest BCUT2D eigenvalue weighted by molar-refractivity contribution is -0.114. The van der Waals surface area contributed by atoms with E-state index >= 15 is 0 Å². The van der Waals surface area contributed by atoms with Gasteiger partial charge in [-0.2, -0.15) is 0 Å². The molecular formula is C19H21F2N3O. The molecule has 0 spiro atoms. The lowest BCUT2D eigenvalue weighted by Gasteiger charge is -2.26. The third kappa shape index (κ3) is 3.52. The van der Waals surface area contributed by atoms with Crippen molar-refractivity contribution in [3.63, 3.8) is 0 Å². The predicted octanol–water partition coefficient (Wildman–Crippen LogP) is 4.26. The fourth-order valence-corrected chi connectivity index (χ4v) is 2.71. The second-order valence-corrected chi connectivity index (χ2v) is 5.85. The Balaban J connectivity index is 2.60. The minimum Gasteiger partial charge on any atom is -0.396 e. The summed E-state index contributed by atoms with van der Waals surface area (Å²) < 4.78 is 28.3. The molecule has 1 aromatic carbocycles. The number of nitrogens with two attached hydrogens (primary N) is 1. The van der Waals surface area contributed by atoms with E-state index in [1.54, 1.807) is 4.90 Å². The summed E-state index contributed by atoms with van der Waals surface area (Å²) >= 11 is 0. The molecule has 0 saturated heterocycles. The zero-order chi connectivity index (χ0) is 18.7. The minimum atomic E-state index is -0.867. The molecule has 1 aromatic rings. The number of Topliss-reactive ketones (excluding diaryl/α,β-unsaturated/α-hetero) is 1. The molecule has 1 aliphatic heterocycles. The number of hydrogen-bond acceptors (Lipinski definition) is 4. The number of hydrogen-bond donors (Lipinski definition) is 1. The van der Waals surface area contributed by atoms with Gasteiger partial charge in [0.05, 0.1) is 28.9 Å². The maximum atomic E-state index is 14.3. The van der Waals surface area contributed by atoms with E-state index < -0.39 is 11.6 Å². The van der Waals surface area contributed by atoms with Crippen molar-refractivity contribution in [2.45, 2.75) is 27.2 Å². The van der Waals surface area contributed by atoms with E-state index in [0.717, 1.165) is 18.6 Å². The van der Waals surface area contributed by atoms with Crippen LogP contribution in [-0.4, -0.2) is 16.9 Å². The van der Waals surface area contributed by atoms with Gasteiger partial charge >= 0.3 is 0 Å². The van der Waals surface area contributed by atoms with Crippen LogP contribution in [-0.2, 0) is 4.79 Å². The molecule has 0 amide bonds. The van der Waals surface area contributed by atoms with Crippen molar-refractivity contribution in [1.29, 1.82) is 0 Å². The van der Waals surface area contributed by atoms with E-state index in [-0.39, 0.29) is 28.6 Å². The van der Waals surface area contributed by atoms with Crippen LogP contribution in [0.3, 0.4) is 0 Å². The summed E-state index contributed by atoms with van der Waals surface area (Å²) in [6.07, 6.45) is 5.11. The van der Waals surface area contributed by atoms with Gasteiger partial charge in [0.15, 0.2) is 11.6 Å². The molecular weight excluding hydrogens is 324 g/mol. The van der Waals surface area contributed by atoms with Crippen molar-refractivity contribution in [2.24, 2.45) is 10.9 Å². The predicted molar refractivity (Wildman–Crippen MR) is 96.4 cm³/mol. The molecule has 1 atom stereocenters. The van der Waals surface area contributed by atoms with Crippen LogP contribution < -0.4 is 5.73 Å². The zero-order valence-electron chi connectivity index (χ0n) is 14.5. The second kappa shape index (κ2) is 7.42. The van der Waals surface area contributed by atoms with Crippen LogP contribution in [0, 0.1) is 17.6 Å². The summed E-state index contributed by atoms with van der Waals surface area (Å²) in [7, 11) is 0. The van der Waals surface area contributed by atoms with Gasteiger partial charge in [0.1, 0.15) is 5.82 Å². The van der Waals surface area contributed by atoms with Gasteiger partial charge in [0.25, 0.3) is 0 Å². The second-order valence-electron chi connectivity index (χ2n) is 5.85. The number of nitrogens with zero attached hydrogens (tertiary/aromatic N) is 2. The molecule has 0 saturated carbocycles. The van der Waals surface area contributed by atoms with Crippen LogP contribution >= 0.6 is 0 Å². The fourth-order valence-electron chi connectivity index (χ4n) is 2.71. The maximum Gasteiger partial charge on any atom is 0.158 e. The molecule has 2 N–H and O–H groups in total. The molecule has 0 aliphatic carbocycles. The van der Waals surface area contributed by atoms with Crippen LogP contribution in [0.4, 0.5) is 14.5 Å². The summed E-state index contributed by atoms with van der Waals surface area (Å²) in [6.45, 7) is 9.12. The van der Waals surface area contributed by atoms with Crippen LogP contribution in [0.15, 0.2) is 47.4 Å². The summed E-state index contributed by atoms with van der Waals surface area (Å²) in [5, 5.41) is 0. The molecule has 25 heavy (non-hydrogen) atoms. The molecule has 1 unspecified atom stereocenters. The third-order valence-electron chi connectivity index (χ3n) is 4.20. The minimum absolute atomic E-state index is 0.0113. The van der Waals surface area contributed by atoms with Crippen molar-refractivity contribution in [2.75, 3.05) is 5.73 Å². The first kappa shape index (κ1) is 18.6. The molecule has 6 heteroatoms. The van der Waals surface area contributed by atoms with Crippen LogP contribution in [0.1, 0.15) is 32.8 Å². The number of carbonyl (C=O) groups is 1. The number of carbonyl (C=O) groups excluding carboxylic acids is 1. The quantitative estimate of drug-likeness (QED) is 0.640. The fraction of sp³-hybridized carbons (Fsp3) is 0.263. The topological polar surface area (TPSA) is 58.7 Å². The highest BCUT2D eigenvalue weighted by Crippen LogP contribution is 2.31. The monoisotopic (exact) mass is 345 g/mol. The number of rotatable bonds is 5. The van der Waals surface area contributed by atoms with Gasteiger partial charge in [-0.1, -0.05) is 20.4 Å². The zero-order valence-corrected chi connectivity index (χ0v) is 14.5. The third-order valence-corrected chi connectivity index (χ3v) is 4.20. The summed E-state index contributed by atoms with van der Waals surface area (Å²) in [5.74, 6) is -1.70. The number of aliphatic imine (C=N–C) groups is 1. The van der Waals surface area contributed by atoms with E-state index in [0.29, 0.717) is 11.3 Å². The number of allylic oxidation sites excluding steroid dienone is 2. The van der Waals surface area contributed by atoms with Crippen molar-refractivity contribution < 1.29 is 13.6 Å². The van der Waals surface area contributed by atoms with Gasteiger partial charge in [-0.3, -0.25) is 9.79 Å². The molecule has 2 rings (SSSR count). The molecule has 4 nitrogen and oxygen atoms in total. The summed E-state index contributed by atoms with van der Waals surface area (Å²) in [4.78, 5) is 17.8. The van der Waals surface area contributed by atoms with Gasteiger partial charge in [0, 0.05) is 18.0 Å². The highest BCUT2D eigenvalue weighted by molar-refractivity contribution is 6.01. The average molecular weight is 345 g/mol. The summed E-state index contributed by atoms with van der Waals surface area (Å²) in [5.41, 5.74) is 6.26. The van der Waals surface area contributed by atoms with E-state index in [1.165, 1.54) is 25.5 Å². The van der Waals surface area contributed by atoms with Crippen LogP contribution in [0.2, 0.25) is 0 Å². The van der Waals surface area contributed by atoms with Crippen molar-refractivity contribution in [3.05, 3.63) is 59.6 Å². The van der Waals surface area contributed by atoms with E-state index in [2.05, 4.69) is 11.6 Å². The Morgan fingerprint density at radius 3 is 2.68 bits per heavy atom. The normalized spacial score (nSPS) is 17.2. The first-order valence-corrected chi connectivity index (χ1v) is 7.97. The molecule has 1 heterocycles. The highest BCUT2D eigenvalue weighted by atomic mass is 19.1. The first-order valence-electron chi connectivity index (χ1n) is 7.97. The van der Waals surface area contributed by atoms with Crippen molar-refractivity contribution in [3.8, 4) is 0 Å². The molecule has 0 aromatic heterocycles. The Labute approximate surface area is 146 Å². The molecule has 1 aliphatic rings. The highest BCUT2D eigenvalue weighted by Gasteiger charge is 2.24. The SMILES string of the molecule is C=CN1C=C(c2c(F)ccc(N)c2F)N=C/C1=C(\C(C)=O)C(C)CC. The number of ketones is 1. The Bertz CT molecular complexity index is 809.